The summed E-state index contributed by atoms with van der Waals surface area (Å²) in [4.78, 5) is 18.2. The van der Waals surface area contributed by atoms with E-state index in [2.05, 4.69) is 4.98 Å². The number of alkyl halides is 3. The van der Waals surface area contributed by atoms with Crippen LogP contribution in [0.25, 0.3) is 0 Å². The van der Waals surface area contributed by atoms with Crippen LogP contribution in [-0.2, 0) is 15.9 Å². The van der Waals surface area contributed by atoms with Crippen molar-refractivity contribution in [3.8, 4) is 0 Å². The molecule has 3 fully saturated rings. The van der Waals surface area contributed by atoms with Crippen LogP contribution in [0.3, 0.4) is 0 Å². The Bertz CT molecular complexity index is 779. The zero-order valence-electron chi connectivity index (χ0n) is 16.5. The SMILES string of the molecule is CC1(C)OB(C23CCN(C(=O)c4cn(CC(F)(F)F)cn4)CC2C3)OC1(C)C. The minimum Gasteiger partial charge on any atom is -0.403 e. The van der Waals surface area contributed by atoms with Gasteiger partial charge in [0, 0.05) is 24.6 Å². The maximum absolute atomic E-state index is 12.7. The largest absolute Gasteiger partial charge is 0.464 e. The third-order valence-corrected chi connectivity index (χ3v) is 6.79. The first kappa shape index (κ1) is 19.8. The van der Waals surface area contributed by atoms with Gasteiger partial charge in [-0.3, -0.25) is 4.79 Å². The zero-order valence-corrected chi connectivity index (χ0v) is 16.5. The molecule has 0 bridgehead atoms. The maximum Gasteiger partial charge on any atom is 0.464 e. The molecule has 1 saturated carbocycles. The van der Waals surface area contributed by atoms with Crippen molar-refractivity contribution in [2.75, 3.05) is 13.1 Å². The van der Waals surface area contributed by atoms with Crippen molar-refractivity contribution in [1.82, 2.24) is 14.5 Å². The first-order valence-corrected chi connectivity index (χ1v) is 9.56. The van der Waals surface area contributed by atoms with E-state index in [1.54, 1.807) is 4.90 Å². The van der Waals surface area contributed by atoms with Gasteiger partial charge in [0.05, 0.1) is 17.5 Å². The highest BCUT2D eigenvalue weighted by molar-refractivity contribution is 6.51. The number of imidazole rings is 1. The Hall–Kier alpha value is -1.55. The van der Waals surface area contributed by atoms with Gasteiger partial charge >= 0.3 is 13.3 Å². The Kier molecular flexibility index (Phi) is 4.22. The van der Waals surface area contributed by atoms with Gasteiger partial charge in [0.15, 0.2) is 0 Å². The van der Waals surface area contributed by atoms with Gasteiger partial charge < -0.3 is 18.8 Å². The quantitative estimate of drug-likeness (QED) is 0.733. The number of fused-ring (bicyclic) bond motifs is 1. The molecule has 0 radical (unpaired) electrons. The predicted molar refractivity (Wildman–Crippen MR) is 95.7 cm³/mol. The van der Waals surface area contributed by atoms with E-state index in [0.29, 0.717) is 13.1 Å². The van der Waals surface area contributed by atoms with Crippen LogP contribution in [0, 0.1) is 5.92 Å². The topological polar surface area (TPSA) is 56.6 Å². The summed E-state index contributed by atoms with van der Waals surface area (Å²) in [5.41, 5.74) is -0.733. The van der Waals surface area contributed by atoms with Crippen molar-refractivity contribution in [3.63, 3.8) is 0 Å². The molecule has 28 heavy (non-hydrogen) atoms. The van der Waals surface area contributed by atoms with Crippen molar-refractivity contribution in [1.29, 1.82) is 0 Å². The summed E-state index contributed by atoms with van der Waals surface area (Å²) in [6.45, 7) is 8.02. The van der Waals surface area contributed by atoms with Gasteiger partial charge in [0.25, 0.3) is 5.91 Å². The van der Waals surface area contributed by atoms with Gasteiger partial charge in [-0.2, -0.15) is 13.2 Å². The molecule has 1 aliphatic carbocycles. The fraction of sp³-hybridized carbons (Fsp3) is 0.778. The van der Waals surface area contributed by atoms with E-state index in [9.17, 15) is 18.0 Å². The van der Waals surface area contributed by atoms with Crippen LogP contribution in [0.2, 0.25) is 5.31 Å². The molecule has 0 N–H and O–H groups in total. The fourth-order valence-electron chi connectivity index (χ4n) is 4.25. The summed E-state index contributed by atoms with van der Waals surface area (Å²) in [6, 6.07) is 0. The number of carbonyl (C=O) groups is 1. The lowest BCUT2D eigenvalue weighted by molar-refractivity contribution is -0.140. The molecular formula is C18H25BF3N3O3. The fourth-order valence-corrected chi connectivity index (χ4v) is 4.25. The lowest BCUT2D eigenvalue weighted by atomic mass is 9.63. The van der Waals surface area contributed by atoms with Gasteiger partial charge in [-0.1, -0.05) is 0 Å². The van der Waals surface area contributed by atoms with Crippen LogP contribution in [0.1, 0.15) is 51.0 Å². The number of halogens is 3. The molecule has 1 amide bonds. The highest BCUT2D eigenvalue weighted by atomic mass is 19.4. The third kappa shape index (κ3) is 3.24. The lowest BCUT2D eigenvalue weighted by Crippen LogP contribution is -2.42. The summed E-state index contributed by atoms with van der Waals surface area (Å²) >= 11 is 0. The van der Waals surface area contributed by atoms with E-state index in [0.717, 1.165) is 23.7 Å². The van der Waals surface area contributed by atoms with Gasteiger partial charge in [0.1, 0.15) is 12.2 Å². The van der Waals surface area contributed by atoms with Crippen LogP contribution in [-0.4, -0.2) is 57.9 Å². The molecule has 154 valence electrons. The van der Waals surface area contributed by atoms with Gasteiger partial charge in [-0.25, -0.2) is 4.98 Å². The maximum atomic E-state index is 12.7. The Morgan fingerprint density at radius 3 is 2.50 bits per heavy atom. The van der Waals surface area contributed by atoms with Crippen LogP contribution >= 0.6 is 0 Å². The van der Waals surface area contributed by atoms with Crippen molar-refractivity contribution < 1.29 is 27.3 Å². The standard InChI is InChI=1S/C18H25BF3N3O3/c1-15(2)16(3,4)28-19(27-15)17-5-6-25(8-12(17)7-17)14(26)13-9-24(11-23-13)10-18(20,21)22/h9,11-12H,5-8,10H2,1-4H3. The third-order valence-electron chi connectivity index (χ3n) is 6.79. The number of aromatic nitrogens is 2. The predicted octanol–water partition coefficient (Wildman–Crippen LogP) is 3.14. The average Bonchev–Trinajstić information content (AvgIpc) is 3.05. The summed E-state index contributed by atoms with van der Waals surface area (Å²) in [6.07, 6.45) is -0.447. The normalized spacial score (nSPS) is 31.0. The van der Waals surface area contributed by atoms with Crippen LogP contribution < -0.4 is 0 Å². The van der Waals surface area contributed by atoms with E-state index >= 15 is 0 Å². The molecular weight excluding hydrogens is 374 g/mol. The molecule has 3 heterocycles. The molecule has 2 saturated heterocycles. The molecule has 6 nitrogen and oxygen atoms in total. The number of piperidine rings is 1. The highest BCUT2D eigenvalue weighted by Gasteiger charge is 2.70. The van der Waals surface area contributed by atoms with Crippen molar-refractivity contribution >= 4 is 13.0 Å². The Balaban J connectivity index is 1.39. The Labute approximate surface area is 162 Å². The van der Waals surface area contributed by atoms with E-state index in [1.807, 2.05) is 27.7 Å². The number of nitrogens with zero attached hydrogens (tertiary/aromatic N) is 3. The zero-order chi connectivity index (χ0) is 20.5. The molecule has 3 aliphatic rings. The summed E-state index contributed by atoms with van der Waals surface area (Å²) < 4.78 is 50.8. The number of likely N-dealkylation sites (tertiary alicyclic amines) is 1. The lowest BCUT2D eigenvalue weighted by Gasteiger charge is -2.32. The monoisotopic (exact) mass is 399 g/mol. The van der Waals surface area contributed by atoms with Crippen LogP contribution in [0.5, 0.6) is 0 Å². The van der Waals surface area contributed by atoms with Gasteiger partial charge in [-0.15, -0.1) is 0 Å². The molecule has 4 rings (SSSR count). The van der Waals surface area contributed by atoms with Crippen LogP contribution in [0.4, 0.5) is 13.2 Å². The number of carbonyl (C=O) groups excluding carboxylic acids is 1. The molecule has 0 spiro atoms. The molecule has 1 aromatic rings. The molecule has 1 aromatic heterocycles. The molecule has 2 aliphatic heterocycles. The van der Waals surface area contributed by atoms with Crippen LogP contribution in [0.15, 0.2) is 12.5 Å². The Morgan fingerprint density at radius 1 is 1.29 bits per heavy atom. The molecule has 2 unspecified atom stereocenters. The molecule has 10 heteroatoms. The Morgan fingerprint density at radius 2 is 1.93 bits per heavy atom. The minimum absolute atomic E-state index is 0.0491. The second kappa shape index (κ2) is 5.98. The first-order valence-electron chi connectivity index (χ1n) is 9.56. The highest BCUT2D eigenvalue weighted by Crippen LogP contribution is 2.69. The second-order valence-corrected chi connectivity index (χ2v) is 9.27. The second-order valence-electron chi connectivity index (χ2n) is 9.27. The number of rotatable bonds is 3. The first-order chi connectivity index (χ1) is 12.8. The number of hydrogen-bond donors (Lipinski definition) is 0. The smallest absolute Gasteiger partial charge is 0.403 e. The van der Waals surface area contributed by atoms with Gasteiger partial charge in [-0.05, 0) is 46.5 Å². The average molecular weight is 399 g/mol. The summed E-state index contributed by atoms with van der Waals surface area (Å²) in [7, 11) is -0.286. The summed E-state index contributed by atoms with van der Waals surface area (Å²) in [5, 5.41) is -0.0720. The van der Waals surface area contributed by atoms with Gasteiger partial charge in [0.2, 0.25) is 0 Å². The van der Waals surface area contributed by atoms with Crippen molar-refractivity contribution in [2.24, 2.45) is 5.92 Å². The number of amides is 1. The van der Waals surface area contributed by atoms with E-state index in [-0.39, 0.29) is 30.0 Å². The minimum atomic E-state index is -4.34. The van der Waals surface area contributed by atoms with Crippen molar-refractivity contribution in [2.45, 2.75) is 69.8 Å². The molecule has 0 aromatic carbocycles. The van der Waals surface area contributed by atoms with E-state index < -0.39 is 23.9 Å². The van der Waals surface area contributed by atoms with Crippen molar-refractivity contribution in [3.05, 3.63) is 18.2 Å². The summed E-state index contributed by atoms with van der Waals surface area (Å²) in [5.74, 6) is -0.0486. The van der Waals surface area contributed by atoms with E-state index in [1.165, 1.54) is 6.20 Å². The number of hydrogen-bond acceptors (Lipinski definition) is 4. The van der Waals surface area contributed by atoms with E-state index in [4.69, 9.17) is 9.31 Å². The molecule has 2 atom stereocenters.